The molecule has 3 saturated carbocycles. The van der Waals surface area contributed by atoms with Gasteiger partial charge in [0.1, 0.15) is 11.3 Å². The summed E-state index contributed by atoms with van der Waals surface area (Å²) in [5, 5.41) is 5.71. The zero-order valence-corrected chi connectivity index (χ0v) is 21.4. The van der Waals surface area contributed by atoms with Crippen LogP contribution in [-0.4, -0.2) is 40.6 Å². The van der Waals surface area contributed by atoms with E-state index in [0.29, 0.717) is 42.2 Å². The molecule has 0 amide bonds. The van der Waals surface area contributed by atoms with E-state index < -0.39 is 25.3 Å². The van der Waals surface area contributed by atoms with Gasteiger partial charge in [0.05, 0.1) is 21.9 Å². The first-order valence-electron chi connectivity index (χ1n) is 11.6. The molecule has 9 nitrogen and oxygen atoms in total. The second-order valence-electron chi connectivity index (χ2n) is 10.3. The number of hydrogen-bond acceptors (Lipinski definition) is 6. The fourth-order valence-corrected chi connectivity index (χ4v) is 9.46. The highest BCUT2D eigenvalue weighted by Crippen LogP contribution is 2.74. The number of pyridine rings is 1. The van der Waals surface area contributed by atoms with Crippen molar-refractivity contribution < 1.29 is 16.8 Å². The second-order valence-corrected chi connectivity index (χ2v) is 13.8. The Kier molecular flexibility index (Phi) is 4.49. The van der Waals surface area contributed by atoms with Crippen LogP contribution in [0.2, 0.25) is 0 Å². The number of imidazole rings is 1. The first kappa shape index (κ1) is 22.7. The van der Waals surface area contributed by atoms with Crippen molar-refractivity contribution in [1.82, 2.24) is 18.5 Å². The fourth-order valence-electron chi connectivity index (χ4n) is 6.74. The minimum atomic E-state index is -3.83. The maximum atomic E-state index is 13.4. The Labute approximate surface area is 204 Å². The molecular weight excluding hydrogens is 486 g/mol. The molecule has 3 aliphatic carbocycles. The third kappa shape index (κ3) is 2.94. The molecule has 184 valence electrons. The highest BCUT2D eigenvalue weighted by atomic mass is 32.2. The van der Waals surface area contributed by atoms with Crippen molar-refractivity contribution in [1.29, 1.82) is 0 Å². The predicted octanol–water partition coefficient (Wildman–Crippen LogP) is 3.19. The Morgan fingerprint density at radius 3 is 2.31 bits per heavy atom. The van der Waals surface area contributed by atoms with Gasteiger partial charge in [0.25, 0.3) is 10.0 Å². The number of nitrogens with two attached hydrogens (primary N) is 1. The maximum Gasteiger partial charge on any atom is 0.269 e. The summed E-state index contributed by atoms with van der Waals surface area (Å²) in [4.78, 5) is 9.38. The Morgan fingerprint density at radius 1 is 1.06 bits per heavy atom. The number of nitrogens with zero attached hydrogens (tertiary/aromatic N) is 4. The molecule has 2 bridgehead atoms. The van der Waals surface area contributed by atoms with Crippen molar-refractivity contribution >= 4 is 42.1 Å². The zero-order valence-electron chi connectivity index (χ0n) is 19.8. The van der Waals surface area contributed by atoms with Crippen molar-refractivity contribution in [3.8, 4) is 0 Å². The average molecular weight is 514 g/mol. The number of aromatic nitrogens is 4. The van der Waals surface area contributed by atoms with Crippen LogP contribution in [0, 0.1) is 19.3 Å². The van der Waals surface area contributed by atoms with Gasteiger partial charge < -0.3 is 4.57 Å². The number of fused-ring (bicyclic) bond motifs is 3. The lowest BCUT2D eigenvalue weighted by atomic mass is 9.38. The van der Waals surface area contributed by atoms with Crippen LogP contribution >= 0.6 is 0 Å². The van der Waals surface area contributed by atoms with Crippen molar-refractivity contribution in [2.45, 2.75) is 62.1 Å². The minimum absolute atomic E-state index is 0.196. The van der Waals surface area contributed by atoms with Crippen LogP contribution < -0.4 is 5.14 Å². The average Bonchev–Trinajstić information content (AvgIpc) is 3.30. The van der Waals surface area contributed by atoms with Gasteiger partial charge in [-0.05, 0) is 63.1 Å². The lowest BCUT2D eigenvalue weighted by Gasteiger charge is -2.73. The number of benzene rings is 1. The number of sulfonamides is 1. The number of hydrogen-bond donors (Lipinski definition) is 1. The quantitative estimate of drug-likeness (QED) is 0.421. The summed E-state index contributed by atoms with van der Waals surface area (Å²) in [5.74, 6) is 0.806. The van der Waals surface area contributed by atoms with E-state index >= 15 is 0 Å². The summed E-state index contributed by atoms with van der Waals surface area (Å²) in [5.41, 5.74) is 2.32. The Bertz CT molecular complexity index is 1710. The number of rotatable bonds is 6. The molecule has 3 aromatic heterocycles. The van der Waals surface area contributed by atoms with E-state index in [1.165, 1.54) is 10.2 Å². The van der Waals surface area contributed by atoms with Gasteiger partial charge in [-0.3, -0.25) is 0 Å². The van der Waals surface area contributed by atoms with Gasteiger partial charge in [-0.15, -0.1) is 0 Å². The van der Waals surface area contributed by atoms with E-state index in [9.17, 15) is 16.8 Å². The van der Waals surface area contributed by atoms with E-state index in [0.717, 1.165) is 16.9 Å². The van der Waals surface area contributed by atoms with Gasteiger partial charge >= 0.3 is 0 Å². The first-order valence-corrected chi connectivity index (χ1v) is 14.7. The van der Waals surface area contributed by atoms with Crippen molar-refractivity contribution in [2.24, 2.45) is 10.6 Å². The first-order chi connectivity index (χ1) is 16.4. The van der Waals surface area contributed by atoms with Crippen molar-refractivity contribution in [3.05, 3.63) is 54.1 Å². The van der Waals surface area contributed by atoms with Gasteiger partial charge in [-0.1, -0.05) is 24.6 Å². The molecule has 3 fully saturated rings. The smallest absolute Gasteiger partial charge is 0.269 e. The molecule has 0 aliphatic heterocycles. The van der Waals surface area contributed by atoms with E-state index in [-0.39, 0.29) is 15.8 Å². The third-order valence-electron chi connectivity index (χ3n) is 8.01. The molecule has 3 heterocycles. The molecule has 1 aromatic carbocycles. The monoisotopic (exact) mass is 513 g/mol. The number of aryl methyl sites for hydroxylation is 2. The highest BCUT2D eigenvalue weighted by Gasteiger charge is 2.73. The van der Waals surface area contributed by atoms with Crippen LogP contribution in [0.5, 0.6) is 0 Å². The van der Waals surface area contributed by atoms with E-state index in [1.807, 2.05) is 20.8 Å². The Hall–Kier alpha value is -2.76. The summed E-state index contributed by atoms with van der Waals surface area (Å²) >= 11 is 0. The zero-order chi connectivity index (χ0) is 25.0. The maximum absolute atomic E-state index is 13.4. The standard InChI is InChI=1S/C24H27N5O4S2/c1-4-20(34(25,30)31)23-12-24(13-23,14-23)29-16(3)27-19-11-26-22-18(21(19)29)9-10-28(22)35(32,33)17-7-5-15(2)6-8-17/h5-11,20H,4,12-14H2,1-3H3,(H2,25,30,31). The largest absolute Gasteiger partial charge is 0.321 e. The Morgan fingerprint density at radius 2 is 1.71 bits per heavy atom. The van der Waals surface area contributed by atoms with Gasteiger partial charge in [0, 0.05) is 17.1 Å². The summed E-state index contributed by atoms with van der Waals surface area (Å²) in [6.07, 6.45) is 5.79. The molecule has 1 atom stereocenters. The normalized spacial score (nSPS) is 24.9. The van der Waals surface area contributed by atoms with Gasteiger partial charge in [-0.25, -0.2) is 35.9 Å². The van der Waals surface area contributed by atoms with Crippen molar-refractivity contribution in [2.75, 3.05) is 0 Å². The fraction of sp³-hybridized carbons (Fsp3) is 0.417. The molecule has 0 radical (unpaired) electrons. The lowest BCUT2D eigenvalue weighted by Crippen LogP contribution is -2.73. The third-order valence-corrected chi connectivity index (χ3v) is 11.3. The van der Waals surface area contributed by atoms with Crippen LogP contribution in [0.15, 0.2) is 47.6 Å². The van der Waals surface area contributed by atoms with E-state index in [4.69, 9.17) is 10.1 Å². The van der Waals surface area contributed by atoms with E-state index in [1.54, 1.807) is 36.5 Å². The minimum Gasteiger partial charge on any atom is -0.321 e. The van der Waals surface area contributed by atoms with Crippen LogP contribution in [0.4, 0.5) is 0 Å². The van der Waals surface area contributed by atoms with E-state index in [2.05, 4.69) is 9.55 Å². The van der Waals surface area contributed by atoms with Crippen LogP contribution in [0.1, 0.15) is 44.0 Å². The molecule has 35 heavy (non-hydrogen) atoms. The predicted molar refractivity (Wildman–Crippen MR) is 133 cm³/mol. The second kappa shape index (κ2) is 6.92. The summed E-state index contributed by atoms with van der Waals surface area (Å²) < 4.78 is 54.6. The molecular formula is C24H27N5O4S2. The van der Waals surface area contributed by atoms with Crippen molar-refractivity contribution in [3.63, 3.8) is 0 Å². The van der Waals surface area contributed by atoms with Gasteiger partial charge in [-0.2, -0.15) is 0 Å². The highest BCUT2D eigenvalue weighted by molar-refractivity contribution is 7.90. The molecule has 11 heteroatoms. The summed E-state index contributed by atoms with van der Waals surface area (Å²) in [6.45, 7) is 5.70. The Balaban J connectivity index is 1.47. The van der Waals surface area contributed by atoms with Crippen LogP contribution in [-0.2, 0) is 25.6 Å². The summed E-state index contributed by atoms with van der Waals surface area (Å²) in [7, 11) is -7.45. The lowest BCUT2D eigenvalue weighted by molar-refractivity contribution is -0.186. The van der Waals surface area contributed by atoms with Crippen LogP contribution in [0.25, 0.3) is 22.1 Å². The van der Waals surface area contributed by atoms with Crippen LogP contribution in [0.3, 0.4) is 0 Å². The molecule has 7 rings (SSSR count). The molecule has 2 N–H and O–H groups in total. The van der Waals surface area contributed by atoms with Gasteiger partial charge in [0.15, 0.2) is 5.65 Å². The molecule has 0 spiro atoms. The molecule has 0 saturated heterocycles. The number of primary sulfonamides is 1. The SMILES string of the molecule is CCC(C12CC(n3c(C)nc4cnc5c(ccn5S(=O)(=O)c5ccc(C)cc5)c43)(C1)C2)S(N)(=O)=O. The molecule has 4 aromatic rings. The molecule has 3 aliphatic rings. The van der Waals surface area contributed by atoms with Gasteiger partial charge in [0.2, 0.25) is 10.0 Å². The topological polar surface area (TPSA) is 130 Å². The summed E-state index contributed by atoms with van der Waals surface area (Å²) in [6, 6.07) is 8.51. The molecule has 1 unspecified atom stereocenters.